The van der Waals surface area contributed by atoms with Gasteiger partial charge in [0, 0.05) is 22.9 Å². The molecule has 1 aromatic heterocycles. The summed E-state index contributed by atoms with van der Waals surface area (Å²) in [5.74, 6) is 0. The van der Waals surface area contributed by atoms with Gasteiger partial charge >= 0.3 is 18.5 Å². The largest absolute Gasteiger partial charge is 0.417 e. The number of nitrogens with zero attached hydrogens (tertiary/aromatic N) is 1. The molecule has 0 atom stereocenters. The second kappa shape index (κ2) is 9.00. The lowest BCUT2D eigenvalue weighted by molar-refractivity contribution is -0.138. The van der Waals surface area contributed by atoms with E-state index < -0.39 is 57.6 Å². The van der Waals surface area contributed by atoms with Crippen LogP contribution in [0.25, 0.3) is 33.5 Å². The van der Waals surface area contributed by atoms with Crippen molar-refractivity contribution in [1.82, 2.24) is 4.98 Å². The van der Waals surface area contributed by atoms with E-state index in [4.69, 9.17) is 0 Å². The van der Waals surface area contributed by atoms with Gasteiger partial charge in [0.15, 0.2) is 0 Å². The number of rotatable bonds is 3. The molecule has 3 aromatic carbocycles. The van der Waals surface area contributed by atoms with E-state index in [2.05, 4.69) is 4.98 Å². The van der Waals surface area contributed by atoms with Crippen LogP contribution >= 0.6 is 0 Å². The lowest BCUT2D eigenvalue weighted by Crippen LogP contribution is -2.10. The van der Waals surface area contributed by atoms with Crippen molar-refractivity contribution in [3.63, 3.8) is 0 Å². The maximum absolute atomic E-state index is 13.8. The first-order chi connectivity index (χ1) is 16.8. The van der Waals surface area contributed by atoms with E-state index in [0.29, 0.717) is 0 Å². The van der Waals surface area contributed by atoms with Gasteiger partial charge in [-0.05, 0) is 35.4 Å². The number of hydrogen-bond donors (Lipinski definition) is 0. The van der Waals surface area contributed by atoms with E-state index in [1.54, 1.807) is 0 Å². The number of benzene rings is 3. The molecule has 0 bridgehead atoms. The molecule has 0 spiro atoms. The first-order valence-corrected chi connectivity index (χ1v) is 10.3. The minimum absolute atomic E-state index is 0.205. The summed E-state index contributed by atoms with van der Waals surface area (Å²) >= 11 is 0. The van der Waals surface area contributed by atoms with Gasteiger partial charge in [0.05, 0.1) is 22.4 Å². The first kappa shape index (κ1) is 25.3. The second-order valence-corrected chi connectivity index (χ2v) is 7.75. The van der Waals surface area contributed by atoms with Crippen molar-refractivity contribution in [3.05, 3.63) is 102 Å². The summed E-state index contributed by atoms with van der Waals surface area (Å²) in [6.07, 6.45) is -13.6. The molecule has 186 valence electrons. The number of alkyl halides is 9. The predicted molar refractivity (Wildman–Crippen MR) is 116 cm³/mol. The lowest BCUT2D eigenvalue weighted by atomic mass is 9.90. The van der Waals surface area contributed by atoms with Crippen LogP contribution < -0.4 is 0 Å². The SMILES string of the molecule is FC(F)(F)c1ccccc1-c1cnc(-c2ccccc2C(F)(F)F)c(-c2ccccc2C(F)(F)F)c1. The third-order valence-electron chi connectivity index (χ3n) is 5.44. The van der Waals surface area contributed by atoms with Gasteiger partial charge in [0.2, 0.25) is 0 Å². The zero-order chi connectivity index (χ0) is 26.3. The molecule has 0 saturated heterocycles. The van der Waals surface area contributed by atoms with E-state index in [1.165, 1.54) is 18.2 Å². The molecule has 1 nitrogen and oxygen atoms in total. The van der Waals surface area contributed by atoms with Crippen molar-refractivity contribution in [3.8, 4) is 33.5 Å². The second-order valence-electron chi connectivity index (χ2n) is 7.75. The minimum Gasteiger partial charge on any atom is -0.255 e. The van der Waals surface area contributed by atoms with E-state index >= 15 is 0 Å². The predicted octanol–water partition coefficient (Wildman–Crippen LogP) is 9.14. The van der Waals surface area contributed by atoms with E-state index in [-0.39, 0.29) is 11.1 Å². The average Bonchev–Trinajstić information content (AvgIpc) is 2.82. The van der Waals surface area contributed by atoms with Crippen molar-refractivity contribution < 1.29 is 39.5 Å². The van der Waals surface area contributed by atoms with Gasteiger partial charge in [0.1, 0.15) is 0 Å². The molecule has 4 aromatic rings. The van der Waals surface area contributed by atoms with Crippen LogP contribution in [-0.4, -0.2) is 4.98 Å². The molecule has 4 rings (SSSR count). The summed E-state index contributed by atoms with van der Waals surface area (Å²) in [6, 6.07) is 13.7. The smallest absolute Gasteiger partial charge is 0.255 e. The molecule has 0 aliphatic heterocycles. The quantitative estimate of drug-likeness (QED) is 0.250. The van der Waals surface area contributed by atoms with Gasteiger partial charge < -0.3 is 0 Å². The fraction of sp³-hybridized carbons (Fsp3) is 0.115. The maximum atomic E-state index is 13.8. The first-order valence-electron chi connectivity index (χ1n) is 10.3. The van der Waals surface area contributed by atoms with Crippen molar-refractivity contribution >= 4 is 0 Å². The van der Waals surface area contributed by atoms with E-state index in [0.717, 1.165) is 66.9 Å². The van der Waals surface area contributed by atoms with Crippen LogP contribution in [0.3, 0.4) is 0 Å². The van der Waals surface area contributed by atoms with Crippen LogP contribution in [0.4, 0.5) is 39.5 Å². The molecule has 0 unspecified atom stereocenters. The fourth-order valence-corrected chi connectivity index (χ4v) is 3.92. The van der Waals surface area contributed by atoms with Crippen LogP contribution in [0.15, 0.2) is 85.1 Å². The van der Waals surface area contributed by atoms with Gasteiger partial charge in [-0.25, -0.2) is 0 Å². The highest BCUT2D eigenvalue weighted by molar-refractivity contribution is 5.87. The van der Waals surface area contributed by atoms with Gasteiger partial charge in [0.25, 0.3) is 0 Å². The van der Waals surface area contributed by atoms with Crippen LogP contribution in [0, 0.1) is 0 Å². The van der Waals surface area contributed by atoms with Crippen molar-refractivity contribution in [2.24, 2.45) is 0 Å². The van der Waals surface area contributed by atoms with Crippen LogP contribution in [0.5, 0.6) is 0 Å². The average molecular weight is 511 g/mol. The normalized spacial score (nSPS) is 12.6. The molecule has 0 aliphatic rings. The summed E-state index contributed by atoms with van der Waals surface area (Å²) in [4.78, 5) is 3.99. The Morgan fingerprint density at radius 3 is 1.33 bits per heavy atom. The van der Waals surface area contributed by atoms with Crippen molar-refractivity contribution in [1.29, 1.82) is 0 Å². The van der Waals surface area contributed by atoms with Gasteiger partial charge in [-0.2, -0.15) is 39.5 Å². The Balaban J connectivity index is 2.08. The number of pyridine rings is 1. The molecular weight excluding hydrogens is 497 g/mol. The fourth-order valence-electron chi connectivity index (χ4n) is 3.92. The van der Waals surface area contributed by atoms with Crippen LogP contribution in [0.1, 0.15) is 16.7 Å². The molecule has 0 aliphatic carbocycles. The Bertz CT molecular complexity index is 1400. The molecule has 1 heterocycles. The standard InChI is InChI=1S/C26H14F9N/c27-24(28,29)20-10-4-1-7-16(20)15-13-19(17-8-2-5-11-21(17)25(30,31)32)23(36-14-15)18-9-3-6-12-22(18)26(33,34)35/h1-14H. The highest BCUT2D eigenvalue weighted by atomic mass is 19.4. The summed E-state index contributed by atoms with van der Waals surface area (Å²) in [5.41, 5.74) is -5.83. The zero-order valence-corrected chi connectivity index (χ0v) is 17.9. The maximum Gasteiger partial charge on any atom is 0.417 e. The highest BCUT2D eigenvalue weighted by Crippen LogP contribution is 2.45. The van der Waals surface area contributed by atoms with E-state index in [1.807, 2.05) is 0 Å². The molecular formula is C26H14F9N. The number of hydrogen-bond acceptors (Lipinski definition) is 1. The van der Waals surface area contributed by atoms with Crippen LogP contribution in [0.2, 0.25) is 0 Å². The molecule has 0 amide bonds. The zero-order valence-electron chi connectivity index (χ0n) is 17.9. The summed E-state index contributed by atoms with van der Waals surface area (Å²) in [5, 5.41) is 0. The molecule has 0 N–H and O–H groups in total. The summed E-state index contributed by atoms with van der Waals surface area (Å²) in [6.45, 7) is 0. The van der Waals surface area contributed by atoms with Gasteiger partial charge in [-0.3, -0.25) is 4.98 Å². The molecule has 36 heavy (non-hydrogen) atoms. The topological polar surface area (TPSA) is 12.9 Å². The molecule has 0 fully saturated rings. The number of aromatic nitrogens is 1. The monoisotopic (exact) mass is 511 g/mol. The summed E-state index contributed by atoms with van der Waals surface area (Å²) < 4.78 is 124. The Morgan fingerprint density at radius 1 is 0.444 bits per heavy atom. The molecule has 0 radical (unpaired) electrons. The van der Waals surface area contributed by atoms with Gasteiger partial charge in [-0.1, -0.05) is 54.6 Å². The third-order valence-corrected chi connectivity index (χ3v) is 5.44. The minimum atomic E-state index is -4.89. The summed E-state index contributed by atoms with van der Waals surface area (Å²) in [7, 11) is 0. The molecule has 0 saturated carbocycles. The Kier molecular flexibility index (Phi) is 6.32. The Labute approximate surface area is 198 Å². The van der Waals surface area contributed by atoms with Crippen molar-refractivity contribution in [2.75, 3.05) is 0 Å². The highest BCUT2D eigenvalue weighted by Gasteiger charge is 2.37. The molecule has 10 heteroatoms. The lowest BCUT2D eigenvalue weighted by Gasteiger charge is -2.20. The Hall–Kier alpha value is -3.82. The van der Waals surface area contributed by atoms with Crippen LogP contribution in [-0.2, 0) is 18.5 Å². The van der Waals surface area contributed by atoms with Crippen molar-refractivity contribution in [2.45, 2.75) is 18.5 Å². The third kappa shape index (κ3) is 4.93. The van der Waals surface area contributed by atoms with E-state index in [9.17, 15) is 39.5 Å². The number of halogens is 9. The Morgan fingerprint density at radius 2 is 0.833 bits per heavy atom. The van der Waals surface area contributed by atoms with Gasteiger partial charge in [-0.15, -0.1) is 0 Å².